The van der Waals surface area contributed by atoms with E-state index in [0.717, 1.165) is 32.4 Å². The number of amides is 1. The van der Waals surface area contributed by atoms with Crippen molar-refractivity contribution in [3.63, 3.8) is 0 Å². The number of benzene rings is 1. The normalized spacial score (nSPS) is 16.5. The topological polar surface area (TPSA) is 50.4 Å². The molecule has 0 unspecified atom stereocenters. The molecule has 1 fully saturated rings. The molecule has 0 aromatic heterocycles. The lowest BCUT2D eigenvalue weighted by molar-refractivity contribution is -0.136. The fourth-order valence-electron chi connectivity index (χ4n) is 3.35. The molecule has 1 aliphatic heterocycles. The second kappa shape index (κ2) is 9.26. The maximum atomic E-state index is 12.7. The molecular weight excluding hydrogens is 312 g/mol. The Kier molecular flexibility index (Phi) is 8.03. The quantitative estimate of drug-likeness (QED) is 0.836. The molecule has 1 amide bonds. The highest BCUT2D eigenvalue weighted by Gasteiger charge is 2.39. The Morgan fingerprint density at radius 1 is 1.26 bits per heavy atom. The van der Waals surface area contributed by atoms with Crippen LogP contribution in [0.1, 0.15) is 29.5 Å². The summed E-state index contributed by atoms with van der Waals surface area (Å²) in [5.41, 5.74) is 3.57. The fourth-order valence-corrected chi connectivity index (χ4v) is 3.35. The molecule has 1 saturated heterocycles. The predicted octanol–water partition coefficient (Wildman–Crippen LogP) is 2.40. The van der Waals surface area contributed by atoms with E-state index in [0.29, 0.717) is 13.2 Å². The molecule has 0 spiro atoms. The van der Waals surface area contributed by atoms with Crippen LogP contribution in [-0.4, -0.2) is 39.3 Å². The highest BCUT2D eigenvalue weighted by molar-refractivity contribution is 5.85. The maximum Gasteiger partial charge on any atom is 0.228 e. The lowest BCUT2D eigenvalue weighted by Gasteiger charge is -2.35. The van der Waals surface area contributed by atoms with Crippen LogP contribution < -0.4 is 10.6 Å². The first-order valence-electron chi connectivity index (χ1n) is 8.12. The van der Waals surface area contributed by atoms with Crippen LogP contribution in [0.25, 0.3) is 0 Å². The van der Waals surface area contributed by atoms with Crippen molar-refractivity contribution in [3.05, 3.63) is 34.9 Å². The van der Waals surface area contributed by atoms with Gasteiger partial charge in [-0.15, -0.1) is 12.4 Å². The molecule has 0 saturated carbocycles. The smallest absolute Gasteiger partial charge is 0.228 e. The number of ether oxygens (including phenoxy) is 1. The van der Waals surface area contributed by atoms with Crippen molar-refractivity contribution < 1.29 is 9.53 Å². The molecule has 0 aliphatic carbocycles. The summed E-state index contributed by atoms with van der Waals surface area (Å²) in [6.07, 6.45) is 2.57. The Balaban J connectivity index is 0.00000264. The number of halogens is 1. The minimum atomic E-state index is -0.360. The monoisotopic (exact) mass is 340 g/mol. The molecule has 4 nitrogen and oxygen atoms in total. The number of nitrogens with one attached hydrogen (secondary N) is 2. The first-order valence-corrected chi connectivity index (χ1v) is 8.12. The van der Waals surface area contributed by atoms with Crippen molar-refractivity contribution in [1.29, 1.82) is 0 Å². The van der Waals surface area contributed by atoms with E-state index >= 15 is 0 Å². The van der Waals surface area contributed by atoms with Crippen LogP contribution in [0, 0.1) is 19.3 Å². The van der Waals surface area contributed by atoms with Crippen molar-refractivity contribution in [3.8, 4) is 0 Å². The van der Waals surface area contributed by atoms with Crippen LogP contribution in [0.3, 0.4) is 0 Å². The number of methoxy groups -OCH3 is 1. The van der Waals surface area contributed by atoms with Gasteiger partial charge in [0.15, 0.2) is 0 Å². The summed E-state index contributed by atoms with van der Waals surface area (Å²) < 4.78 is 5.32. The van der Waals surface area contributed by atoms with Crippen molar-refractivity contribution >= 4 is 18.3 Å². The van der Waals surface area contributed by atoms with E-state index < -0.39 is 0 Å². The minimum Gasteiger partial charge on any atom is -0.384 e. The number of carbonyl (C=O) groups is 1. The Hall–Kier alpha value is -1.10. The second-order valence-electron chi connectivity index (χ2n) is 6.34. The number of rotatable bonds is 6. The van der Waals surface area contributed by atoms with Gasteiger partial charge in [0.2, 0.25) is 5.91 Å². The Morgan fingerprint density at radius 3 is 2.43 bits per heavy atom. The lowest BCUT2D eigenvalue weighted by atomic mass is 9.78. The molecular formula is C18H29ClN2O2. The summed E-state index contributed by atoms with van der Waals surface area (Å²) in [5, 5.41) is 6.45. The molecule has 5 heteroatoms. The molecule has 2 rings (SSSR count). The molecule has 1 aromatic rings. The van der Waals surface area contributed by atoms with Crippen molar-refractivity contribution in [2.75, 3.05) is 33.4 Å². The summed E-state index contributed by atoms with van der Waals surface area (Å²) in [6.45, 7) is 7.21. The Labute approximate surface area is 145 Å². The van der Waals surface area contributed by atoms with Crippen molar-refractivity contribution in [2.45, 2.75) is 33.1 Å². The molecule has 1 aromatic carbocycles. The molecule has 0 bridgehead atoms. The minimum absolute atomic E-state index is 0. The third-order valence-corrected chi connectivity index (χ3v) is 4.77. The molecule has 1 aliphatic rings. The molecule has 0 radical (unpaired) electrons. The van der Waals surface area contributed by atoms with E-state index in [1.54, 1.807) is 7.11 Å². The summed E-state index contributed by atoms with van der Waals surface area (Å²) >= 11 is 0. The average molecular weight is 341 g/mol. The predicted molar refractivity (Wildman–Crippen MR) is 96.3 cm³/mol. The third kappa shape index (κ3) is 4.93. The van der Waals surface area contributed by atoms with Gasteiger partial charge < -0.3 is 15.4 Å². The van der Waals surface area contributed by atoms with Gasteiger partial charge in [0, 0.05) is 13.7 Å². The second-order valence-corrected chi connectivity index (χ2v) is 6.34. The van der Waals surface area contributed by atoms with Gasteiger partial charge >= 0.3 is 0 Å². The summed E-state index contributed by atoms with van der Waals surface area (Å²) in [5.74, 6) is 0.141. The SMILES string of the molecule is COCC1(C(=O)NCCc2c(C)cccc2C)CCNCC1.Cl. The first kappa shape index (κ1) is 19.9. The van der Waals surface area contributed by atoms with E-state index in [-0.39, 0.29) is 23.7 Å². The highest BCUT2D eigenvalue weighted by atomic mass is 35.5. The van der Waals surface area contributed by atoms with Crippen molar-refractivity contribution in [2.24, 2.45) is 5.41 Å². The molecule has 130 valence electrons. The van der Waals surface area contributed by atoms with Gasteiger partial charge in [-0.1, -0.05) is 18.2 Å². The summed E-state index contributed by atoms with van der Waals surface area (Å²) in [7, 11) is 1.67. The third-order valence-electron chi connectivity index (χ3n) is 4.77. The largest absolute Gasteiger partial charge is 0.384 e. The van der Waals surface area contributed by atoms with Crippen LogP contribution in [0.15, 0.2) is 18.2 Å². The van der Waals surface area contributed by atoms with E-state index in [4.69, 9.17) is 4.74 Å². The van der Waals surface area contributed by atoms with Crippen LogP contribution in [-0.2, 0) is 16.0 Å². The zero-order valence-electron chi connectivity index (χ0n) is 14.4. The molecule has 23 heavy (non-hydrogen) atoms. The number of piperidine rings is 1. The number of aryl methyl sites for hydroxylation is 2. The lowest BCUT2D eigenvalue weighted by Crippen LogP contribution is -2.50. The average Bonchev–Trinajstić information content (AvgIpc) is 2.51. The zero-order valence-corrected chi connectivity index (χ0v) is 15.2. The van der Waals surface area contributed by atoms with Gasteiger partial charge in [-0.2, -0.15) is 0 Å². The fraction of sp³-hybridized carbons (Fsp3) is 0.611. The van der Waals surface area contributed by atoms with Crippen LogP contribution in [0.2, 0.25) is 0 Å². The summed E-state index contributed by atoms with van der Waals surface area (Å²) in [4.78, 5) is 12.7. The van der Waals surface area contributed by atoms with Crippen LogP contribution in [0.5, 0.6) is 0 Å². The first-order chi connectivity index (χ1) is 10.6. The summed E-state index contributed by atoms with van der Waals surface area (Å²) in [6, 6.07) is 6.34. The van der Waals surface area contributed by atoms with Gasteiger partial charge in [0.05, 0.1) is 12.0 Å². The maximum absolute atomic E-state index is 12.7. The Morgan fingerprint density at radius 2 is 1.87 bits per heavy atom. The standard InChI is InChI=1S/C18H28N2O2.ClH/c1-14-5-4-6-15(2)16(14)7-10-20-17(21)18(13-22-3)8-11-19-12-9-18;/h4-6,19H,7-13H2,1-3H3,(H,20,21);1H. The van der Waals surface area contributed by atoms with Gasteiger partial charge in [-0.3, -0.25) is 4.79 Å². The van der Waals surface area contributed by atoms with Crippen LogP contribution >= 0.6 is 12.4 Å². The van der Waals surface area contributed by atoms with E-state index in [1.165, 1.54) is 16.7 Å². The van der Waals surface area contributed by atoms with E-state index in [1.807, 2.05) is 0 Å². The number of hydrogen-bond donors (Lipinski definition) is 2. The van der Waals surface area contributed by atoms with E-state index in [2.05, 4.69) is 42.7 Å². The molecule has 2 N–H and O–H groups in total. The molecule has 0 atom stereocenters. The Bertz CT molecular complexity index is 488. The molecule has 1 heterocycles. The van der Waals surface area contributed by atoms with E-state index in [9.17, 15) is 4.79 Å². The number of carbonyl (C=O) groups excluding carboxylic acids is 1. The number of hydrogen-bond acceptors (Lipinski definition) is 3. The van der Waals surface area contributed by atoms with Crippen molar-refractivity contribution in [1.82, 2.24) is 10.6 Å². The highest BCUT2D eigenvalue weighted by Crippen LogP contribution is 2.29. The van der Waals surface area contributed by atoms with Gasteiger partial charge in [0.1, 0.15) is 0 Å². The van der Waals surface area contributed by atoms with Gasteiger partial charge in [0.25, 0.3) is 0 Å². The van der Waals surface area contributed by atoms with Gasteiger partial charge in [-0.05, 0) is 62.9 Å². The zero-order chi connectivity index (χ0) is 16.0. The van der Waals surface area contributed by atoms with Crippen LogP contribution in [0.4, 0.5) is 0 Å². The van der Waals surface area contributed by atoms with Gasteiger partial charge in [-0.25, -0.2) is 0 Å².